The largest absolute Gasteiger partial charge is 0.397 e. The Morgan fingerprint density at radius 3 is 2.50 bits per heavy atom. The van der Waals surface area contributed by atoms with Crippen molar-refractivity contribution in [1.82, 2.24) is 4.98 Å². The van der Waals surface area contributed by atoms with Crippen molar-refractivity contribution in [2.75, 3.05) is 17.7 Å². The summed E-state index contributed by atoms with van der Waals surface area (Å²) in [6.45, 7) is 4.05. The van der Waals surface area contributed by atoms with Crippen molar-refractivity contribution in [3.05, 3.63) is 18.3 Å². The number of rotatable bonds is 4. The molecule has 1 amide bonds. The normalized spacial score (nSPS) is 10.5. The number of pyridine rings is 1. The molecule has 1 aromatic heterocycles. The maximum Gasteiger partial charge on any atom is 0.230 e. The van der Waals surface area contributed by atoms with Crippen molar-refractivity contribution >= 4 is 17.4 Å². The van der Waals surface area contributed by atoms with Crippen LogP contribution in [-0.2, 0) is 4.79 Å². The van der Waals surface area contributed by atoms with Crippen LogP contribution < -0.4 is 10.6 Å². The van der Waals surface area contributed by atoms with Crippen LogP contribution in [0.1, 0.15) is 26.7 Å². The van der Waals surface area contributed by atoms with Crippen LogP contribution in [0.2, 0.25) is 0 Å². The summed E-state index contributed by atoms with van der Waals surface area (Å²) >= 11 is 0. The first-order valence-corrected chi connectivity index (χ1v) is 5.59. The van der Waals surface area contributed by atoms with Crippen LogP contribution in [0.3, 0.4) is 0 Å². The van der Waals surface area contributed by atoms with Gasteiger partial charge in [-0.15, -0.1) is 0 Å². The zero-order chi connectivity index (χ0) is 12.1. The second kappa shape index (κ2) is 5.49. The van der Waals surface area contributed by atoms with Crippen LogP contribution in [-0.4, -0.2) is 17.9 Å². The molecule has 4 nitrogen and oxygen atoms in total. The number of hydrogen-bond donors (Lipinski definition) is 1. The number of nitrogens with two attached hydrogens (primary N) is 1. The van der Waals surface area contributed by atoms with Crippen molar-refractivity contribution < 1.29 is 4.79 Å². The molecule has 1 heterocycles. The van der Waals surface area contributed by atoms with Crippen molar-refractivity contribution in [2.45, 2.75) is 26.7 Å². The van der Waals surface area contributed by atoms with E-state index >= 15 is 0 Å². The van der Waals surface area contributed by atoms with Crippen LogP contribution in [0.4, 0.5) is 11.5 Å². The van der Waals surface area contributed by atoms with Gasteiger partial charge in [0.25, 0.3) is 0 Å². The van der Waals surface area contributed by atoms with Crippen molar-refractivity contribution in [1.29, 1.82) is 0 Å². The average molecular weight is 221 g/mol. The molecule has 0 saturated heterocycles. The topological polar surface area (TPSA) is 59.2 Å². The Bertz CT molecular complexity index is 344. The van der Waals surface area contributed by atoms with Crippen molar-refractivity contribution in [3.63, 3.8) is 0 Å². The summed E-state index contributed by atoms with van der Waals surface area (Å²) in [4.78, 5) is 17.8. The van der Waals surface area contributed by atoms with Crippen LogP contribution in [0.5, 0.6) is 0 Å². The zero-order valence-electron chi connectivity index (χ0n) is 10.1. The van der Waals surface area contributed by atoms with Gasteiger partial charge in [-0.2, -0.15) is 0 Å². The summed E-state index contributed by atoms with van der Waals surface area (Å²) in [7, 11) is 1.75. The molecule has 0 aliphatic heterocycles. The molecule has 0 atom stereocenters. The molecular weight excluding hydrogens is 202 g/mol. The SMILES string of the molecule is CCC(CC)C(=O)N(C)c1ccc(N)cn1. The van der Waals surface area contributed by atoms with E-state index in [-0.39, 0.29) is 11.8 Å². The smallest absolute Gasteiger partial charge is 0.230 e. The molecule has 0 fully saturated rings. The Morgan fingerprint density at radius 1 is 1.44 bits per heavy atom. The van der Waals surface area contributed by atoms with Crippen LogP contribution in [0, 0.1) is 5.92 Å². The lowest BCUT2D eigenvalue weighted by Crippen LogP contribution is -2.32. The van der Waals surface area contributed by atoms with Crippen LogP contribution in [0.25, 0.3) is 0 Å². The van der Waals surface area contributed by atoms with Gasteiger partial charge in [0.2, 0.25) is 5.91 Å². The third-order valence-corrected chi connectivity index (χ3v) is 2.78. The minimum absolute atomic E-state index is 0.0735. The second-order valence-electron chi connectivity index (χ2n) is 3.86. The van der Waals surface area contributed by atoms with Crippen LogP contribution in [0.15, 0.2) is 18.3 Å². The number of hydrogen-bond acceptors (Lipinski definition) is 3. The highest BCUT2D eigenvalue weighted by Gasteiger charge is 2.20. The van der Waals surface area contributed by atoms with E-state index in [9.17, 15) is 4.79 Å². The summed E-state index contributed by atoms with van der Waals surface area (Å²) < 4.78 is 0. The Hall–Kier alpha value is -1.58. The number of aromatic nitrogens is 1. The van der Waals surface area contributed by atoms with Crippen LogP contribution >= 0.6 is 0 Å². The molecule has 0 aliphatic rings. The van der Waals surface area contributed by atoms with Gasteiger partial charge in [-0.3, -0.25) is 9.69 Å². The van der Waals surface area contributed by atoms with Crippen molar-refractivity contribution in [2.24, 2.45) is 5.92 Å². The number of amides is 1. The molecule has 88 valence electrons. The summed E-state index contributed by atoms with van der Waals surface area (Å²) in [5.41, 5.74) is 6.15. The first-order valence-electron chi connectivity index (χ1n) is 5.59. The highest BCUT2D eigenvalue weighted by atomic mass is 16.2. The van der Waals surface area contributed by atoms with Gasteiger partial charge in [-0.25, -0.2) is 4.98 Å². The van der Waals surface area contributed by atoms with E-state index in [2.05, 4.69) is 4.98 Å². The fraction of sp³-hybridized carbons (Fsp3) is 0.500. The molecule has 0 radical (unpaired) electrons. The zero-order valence-corrected chi connectivity index (χ0v) is 10.1. The molecule has 1 aromatic rings. The van der Waals surface area contributed by atoms with E-state index in [1.165, 1.54) is 0 Å². The summed E-state index contributed by atoms with van der Waals surface area (Å²) in [5.74, 6) is 0.831. The van der Waals surface area contributed by atoms with Gasteiger partial charge < -0.3 is 5.73 Å². The van der Waals surface area contributed by atoms with Crippen molar-refractivity contribution in [3.8, 4) is 0 Å². The molecule has 1 rings (SSSR count). The van der Waals surface area contributed by atoms with Gasteiger partial charge in [0.1, 0.15) is 5.82 Å². The third kappa shape index (κ3) is 2.72. The predicted molar refractivity (Wildman–Crippen MR) is 66.1 cm³/mol. The molecule has 4 heteroatoms. The molecule has 0 bridgehead atoms. The van der Waals surface area contributed by atoms with Gasteiger partial charge in [0, 0.05) is 13.0 Å². The Morgan fingerprint density at radius 2 is 2.06 bits per heavy atom. The van der Waals surface area contributed by atoms with Gasteiger partial charge in [0.05, 0.1) is 11.9 Å². The molecule has 0 unspecified atom stereocenters. The first-order chi connectivity index (χ1) is 7.60. The van der Waals surface area contributed by atoms with Gasteiger partial charge in [-0.1, -0.05) is 13.8 Å². The molecule has 0 saturated carbocycles. The van der Waals surface area contributed by atoms with E-state index in [4.69, 9.17) is 5.73 Å². The van der Waals surface area contributed by atoms with Gasteiger partial charge in [-0.05, 0) is 25.0 Å². The maximum absolute atomic E-state index is 12.0. The second-order valence-corrected chi connectivity index (χ2v) is 3.86. The number of anilines is 2. The predicted octanol–water partition coefficient (Wildman–Crippen LogP) is 2.06. The molecule has 2 N–H and O–H groups in total. The maximum atomic E-state index is 12.0. The molecule has 16 heavy (non-hydrogen) atoms. The lowest BCUT2D eigenvalue weighted by atomic mass is 10.0. The van der Waals surface area contributed by atoms with E-state index in [1.54, 1.807) is 30.3 Å². The standard InChI is InChI=1S/C12H19N3O/c1-4-9(5-2)12(16)15(3)11-7-6-10(13)8-14-11/h6-9H,4-5,13H2,1-3H3. The quantitative estimate of drug-likeness (QED) is 0.846. The lowest BCUT2D eigenvalue weighted by molar-refractivity contribution is -0.122. The number of nitrogens with zero attached hydrogens (tertiary/aromatic N) is 2. The minimum Gasteiger partial charge on any atom is -0.397 e. The average Bonchev–Trinajstić information content (AvgIpc) is 2.30. The summed E-state index contributed by atoms with van der Waals surface area (Å²) in [6, 6.07) is 3.51. The number of carbonyl (C=O) groups is 1. The Balaban J connectivity index is 2.81. The highest BCUT2D eigenvalue weighted by molar-refractivity contribution is 5.93. The van der Waals surface area contributed by atoms with E-state index in [1.807, 2.05) is 13.8 Å². The molecule has 0 aliphatic carbocycles. The first kappa shape index (κ1) is 12.5. The van der Waals surface area contributed by atoms with Gasteiger partial charge in [0.15, 0.2) is 0 Å². The lowest BCUT2D eigenvalue weighted by Gasteiger charge is -2.21. The summed E-state index contributed by atoms with van der Waals surface area (Å²) in [5, 5.41) is 0. The number of carbonyl (C=O) groups excluding carboxylic acids is 1. The Kier molecular flexibility index (Phi) is 4.28. The van der Waals surface area contributed by atoms with E-state index in [0.717, 1.165) is 12.8 Å². The highest BCUT2D eigenvalue weighted by Crippen LogP contribution is 2.16. The Labute approximate surface area is 96.5 Å². The van der Waals surface area contributed by atoms with Gasteiger partial charge >= 0.3 is 0 Å². The summed E-state index contributed by atoms with van der Waals surface area (Å²) in [6.07, 6.45) is 3.27. The van der Waals surface area contributed by atoms with E-state index in [0.29, 0.717) is 11.5 Å². The molecular formula is C12H19N3O. The molecule has 0 spiro atoms. The fourth-order valence-electron chi connectivity index (χ4n) is 1.62. The monoisotopic (exact) mass is 221 g/mol. The minimum atomic E-state index is 0.0735. The molecule has 0 aromatic carbocycles. The third-order valence-electron chi connectivity index (χ3n) is 2.78. The number of nitrogen functional groups attached to an aromatic ring is 1. The van der Waals surface area contributed by atoms with E-state index < -0.39 is 0 Å². The fourth-order valence-corrected chi connectivity index (χ4v) is 1.62.